The van der Waals surface area contributed by atoms with E-state index in [2.05, 4.69) is 0 Å². The average molecular weight is 260 g/mol. The number of aryl methyl sites for hydroxylation is 1. The van der Waals surface area contributed by atoms with Gasteiger partial charge in [0.2, 0.25) is 0 Å². The smallest absolute Gasteiger partial charge is 0.744 e. The predicted octanol–water partition coefficient (Wildman–Crippen LogP) is -1.24. The van der Waals surface area contributed by atoms with Crippen LogP contribution in [0, 0.1) is 6.92 Å². The molecule has 0 saturated heterocycles. The first-order valence-electron chi connectivity index (χ1n) is 4.57. The molecule has 2 rings (SSSR count). The van der Waals surface area contributed by atoms with Crippen molar-refractivity contribution in [2.45, 2.75) is 11.8 Å². The molecule has 0 spiro atoms. The average Bonchev–Trinajstić information content (AvgIpc) is 2.17. The number of phenolic OH excluding ortho intramolecular Hbond substituents is 1. The van der Waals surface area contributed by atoms with Crippen molar-refractivity contribution in [1.29, 1.82) is 0 Å². The zero-order valence-electron chi connectivity index (χ0n) is 9.47. The molecule has 0 aliphatic carbocycles. The third-order valence-electron chi connectivity index (χ3n) is 2.35. The van der Waals surface area contributed by atoms with Crippen LogP contribution in [0.5, 0.6) is 5.75 Å². The Bertz CT molecular complexity index is 664. The van der Waals surface area contributed by atoms with Gasteiger partial charge in [0.15, 0.2) is 0 Å². The maximum atomic E-state index is 10.8. The van der Waals surface area contributed by atoms with Gasteiger partial charge in [0.1, 0.15) is 15.9 Å². The predicted molar refractivity (Wildman–Crippen MR) is 58.3 cm³/mol. The first-order valence-corrected chi connectivity index (χ1v) is 5.98. The topological polar surface area (TPSA) is 77.4 Å². The fourth-order valence-electron chi connectivity index (χ4n) is 1.57. The first-order chi connectivity index (χ1) is 7.38. The largest absolute Gasteiger partial charge is 1.00 e. The Hall–Kier alpha value is -0.590. The molecule has 0 fully saturated rings. The minimum absolute atomic E-state index is 0. The summed E-state index contributed by atoms with van der Waals surface area (Å²) in [4.78, 5) is -0.415. The zero-order valence-corrected chi connectivity index (χ0v) is 12.3. The van der Waals surface area contributed by atoms with Gasteiger partial charge in [-0.1, -0.05) is 17.7 Å². The second-order valence-electron chi connectivity index (χ2n) is 3.62. The van der Waals surface area contributed by atoms with E-state index in [4.69, 9.17) is 0 Å². The van der Waals surface area contributed by atoms with Crippen LogP contribution >= 0.6 is 0 Å². The molecule has 0 saturated carbocycles. The van der Waals surface area contributed by atoms with Crippen molar-refractivity contribution >= 4 is 20.9 Å². The molecule has 6 heteroatoms. The fourth-order valence-corrected chi connectivity index (χ4v) is 2.10. The van der Waals surface area contributed by atoms with E-state index in [9.17, 15) is 18.1 Å². The molecule has 0 unspecified atom stereocenters. The van der Waals surface area contributed by atoms with Gasteiger partial charge < -0.3 is 9.66 Å². The van der Waals surface area contributed by atoms with Gasteiger partial charge in [-0.3, -0.25) is 0 Å². The van der Waals surface area contributed by atoms with Crippen molar-refractivity contribution in [2.75, 3.05) is 0 Å². The molecule has 0 radical (unpaired) electrons. The van der Waals surface area contributed by atoms with Crippen LogP contribution in [0.1, 0.15) is 5.56 Å². The monoisotopic (exact) mass is 260 g/mol. The van der Waals surface area contributed by atoms with Gasteiger partial charge in [0.25, 0.3) is 0 Å². The summed E-state index contributed by atoms with van der Waals surface area (Å²) < 4.78 is 32.5. The molecule has 0 amide bonds. The quantitative estimate of drug-likeness (QED) is 0.514. The number of fused-ring (bicyclic) bond motifs is 1. The maximum absolute atomic E-state index is 10.8. The molecular formula is C11H9NaO4S. The summed E-state index contributed by atoms with van der Waals surface area (Å²) in [6, 6.07) is 7.41. The Labute approximate surface area is 121 Å². The van der Waals surface area contributed by atoms with E-state index in [0.717, 1.165) is 11.6 Å². The van der Waals surface area contributed by atoms with Crippen molar-refractivity contribution in [3.05, 3.63) is 35.9 Å². The van der Waals surface area contributed by atoms with E-state index in [0.29, 0.717) is 10.8 Å². The van der Waals surface area contributed by atoms with E-state index in [1.807, 2.05) is 6.92 Å². The Morgan fingerprint density at radius 1 is 1.18 bits per heavy atom. The summed E-state index contributed by atoms with van der Waals surface area (Å²) in [5, 5.41) is 10.7. The van der Waals surface area contributed by atoms with Crippen molar-refractivity contribution in [3.63, 3.8) is 0 Å². The number of rotatable bonds is 1. The second kappa shape index (κ2) is 4.96. The minimum atomic E-state index is -4.54. The molecule has 2 aromatic rings. The number of aromatic hydroxyl groups is 1. The molecule has 0 heterocycles. The molecule has 84 valence electrons. The zero-order chi connectivity index (χ0) is 11.9. The van der Waals surface area contributed by atoms with E-state index in [1.54, 1.807) is 18.2 Å². The van der Waals surface area contributed by atoms with Gasteiger partial charge in [0.05, 0.1) is 4.90 Å². The normalized spacial score (nSPS) is 11.2. The molecule has 0 aliphatic heterocycles. The van der Waals surface area contributed by atoms with Gasteiger partial charge in [-0.25, -0.2) is 8.42 Å². The molecule has 0 bridgehead atoms. The van der Waals surface area contributed by atoms with E-state index >= 15 is 0 Å². The maximum Gasteiger partial charge on any atom is 1.00 e. The number of hydrogen-bond acceptors (Lipinski definition) is 4. The molecule has 0 atom stereocenters. The standard InChI is InChI=1S/C11H10O4S.Na/c1-7-2-3-8-5-9(16(13,14)15)6-11(12)10(8)4-7;/h2-6,12H,1H3,(H,13,14,15);/q;+1/p-1. The Morgan fingerprint density at radius 3 is 2.41 bits per heavy atom. The molecule has 17 heavy (non-hydrogen) atoms. The van der Waals surface area contributed by atoms with Gasteiger partial charge in [-0.2, -0.15) is 0 Å². The molecule has 2 aromatic carbocycles. The first kappa shape index (κ1) is 14.5. The van der Waals surface area contributed by atoms with Crippen molar-refractivity contribution < 1.29 is 47.6 Å². The van der Waals surface area contributed by atoms with Crippen LogP contribution in [0.25, 0.3) is 10.8 Å². The van der Waals surface area contributed by atoms with Crippen LogP contribution in [0.15, 0.2) is 35.2 Å². The summed E-state index contributed by atoms with van der Waals surface area (Å²) in [5.74, 6) is -0.198. The van der Waals surface area contributed by atoms with Crippen LogP contribution in [-0.2, 0) is 10.1 Å². The number of hydrogen-bond donors (Lipinski definition) is 1. The molecule has 0 aromatic heterocycles. The second-order valence-corrected chi connectivity index (χ2v) is 5.00. The third-order valence-corrected chi connectivity index (χ3v) is 3.16. The summed E-state index contributed by atoms with van der Waals surface area (Å²) in [6.45, 7) is 1.86. The summed E-state index contributed by atoms with van der Waals surface area (Å²) in [5.41, 5.74) is 0.945. The number of phenols is 1. The number of benzene rings is 2. The van der Waals surface area contributed by atoms with Crippen molar-refractivity contribution in [1.82, 2.24) is 0 Å². The Balaban J connectivity index is 0.00000144. The fraction of sp³-hybridized carbons (Fsp3) is 0.0909. The Morgan fingerprint density at radius 2 is 1.82 bits per heavy atom. The van der Waals surface area contributed by atoms with Gasteiger partial charge in [-0.05, 0) is 30.5 Å². The van der Waals surface area contributed by atoms with Gasteiger partial charge >= 0.3 is 29.6 Å². The summed E-state index contributed by atoms with van der Waals surface area (Å²) >= 11 is 0. The molecular weight excluding hydrogens is 251 g/mol. The molecule has 0 aliphatic rings. The summed E-state index contributed by atoms with van der Waals surface area (Å²) in [6.07, 6.45) is 0. The van der Waals surface area contributed by atoms with Crippen LogP contribution in [0.4, 0.5) is 0 Å². The van der Waals surface area contributed by atoms with Gasteiger partial charge in [0, 0.05) is 5.39 Å². The SMILES string of the molecule is Cc1ccc2cc(S(=O)(=O)[O-])cc(O)c2c1.[Na+]. The minimum Gasteiger partial charge on any atom is -0.744 e. The van der Waals surface area contributed by atoms with Crippen LogP contribution in [0.3, 0.4) is 0 Å². The third kappa shape index (κ3) is 3.00. The van der Waals surface area contributed by atoms with Crippen molar-refractivity contribution in [3.8, 4) is 5.75 Å². The van der Waals surface area contributed by atoms with Crippen LogP contribution in [0.2, 0.25) is 0 Å². The molecule has 1 N–H and O–H groups in total. The Kier molecular flexibility index (Phi) is 4.22. The molecule has 4 nitrogen and oxygen atoms in total. The van der Waals surface area contributed by atoms with E-state index in [-0.39, 0.29) is 35.3 Å². The van der Waals surface area contributed by atoms with Crippen LogP contribution in [-0.4, -0.2) is 18.1 Å². The summed E-state index contributed by atoms with van der Waals surface area (Å²) in [7, 11) is -4.54. The van der Waals surface area contributed by atoms with Gasteiger partial charge in [-0.15, -0.1) is 0 Å². The van der Waals surface area contributed by atoms with E-state index < -0.39 is 15.0 Å². The van der Waals surface area contributed by atoms with Crippen LogP contribution < -0.4 is 29.6 Å². The van der Waals surface area contributed by atoms with E-state index in [1.165, 1.54) is 6.07 Å². The van der Waals surface area contributed by atoms with Crippen molar-refractivity contribution in [2.24, 2.45) is 0 Å².